The monoisotopic (exact) mass is 314 g/mol. The Morgan fingerprint density at radius 2 is 2.06 bits per heavy atom. The average Bonchev–Trinajstić information content (AvgIpc) is 2.33. The van der Waals surface area contributed by atoms with Gasteiger partial charge in [-0.2, -0.15) is 0 Å². The van der Waals surface area contributed by atoms with Crippen LogP contribution in [0.2, 0.25) is 0 Å². The summed E-state index contributed by atoms with van der Waals surface area (Å²) in [6.07, 6.45) is 2.45. The molecule has 1 heterocycles. The molecule has 1 fully saturated rings. The molecule has 0 saturated carbocycles. The molecule has 1 N–H and O–H groups in total. The van der Waals surface area contributed by atoms with Gasteiger partial charge in [0.25, 0.3) is 0 Å². The van der Waals surface area contributed by atoms with Gasteiger partial charge in [0.2, 0.25) is 0 Å². The smallest absolute Gasteiger partial charge is 0.124 e. The van der Waals surface area contributed by atoms with Crippen LogP contribution < -0.4 is 5.32 Å². The Balaban J connectivity index is 1.96. The first kappa shape index (κ1) is 13.8. The Morgan fingerprint density at radius 3 is 2.67 bits per heavy atom. The molecule has 0 radical (unpaired) electrons. The first-order valence-electron chi connectivity index (χ1n) is 6.46. The zero-order chi connectivity index (χ0) is 13.1. The van der Waals surface area contributed by atoms with Gasteiger partial charge < -0.3 is 10.2 Å². The number of benzene rings is 1. The summed E-state index contributed by atoms with van der Waals surface area (Å²) in [4.78, 5) is 2.37. The SMILES string of the molecule is CC(Nc1ccc(F)cc1Br)C1CCN(C)CC1. The van der Waals surface area contributed by atoms with Gasteiger partial charge in [-0.25, -0.2) is 4.39 Å². The molecule has 100 valence electrons. The van der Waals surface area contributed by atoms with Crippen molar-refractivity contribution >= 4 is 21.6 Å². The third kappa shape index (κ3) is 3.45. The highest BCUT2D eigenvalue weighted by molar-refractivity contribution is 9.10. The first-order chi connectivity index (χ1) is 8.56. The minimum Gasteiger partial charge on any atom is -0.381 e. The number of piperidine rings is 1. The van der Waals surface area contributed by atoms with Crippen molar-refractivity contribution in [1.82, 2.24) is 4.90 Å². The van der Waals surface area contributed by atoms with Crippen LogP contribution in [0.5, 0.6) is 0 Å². The normalized spacial score (nSPS) is 19.8. The number of halogens is 2. The van der Waals surface area contributed by atoms with E-state index in [1.54, 1.807) is 6.07 Å². The van der Waals surface area contributed by atoms with E-state index in [-0.39, 0.29) is 5.82 Å². The number of rotatable bonds is 3. The van der Waals surface area contributed by atoms with Crippen LogP contribution in [0.1, 0.15) is 19.8 Å². The fourth-order valence-corrected chi connectivity index (χ4v) is 2.96. The summed E-state index contributed by atoms with van der Waals surface area (Å²) in [5.41, 5.74) is 0.975. The molecule has 1 atom stereocenters. The van der Waals surface area contributed by atoms with Crippen molar-refractivity contribution < 1.29 is 4.39 Å². The Hall–Kier alpha value is -0.610. The maximum Gasteiger partial charge on any atom is 0.124 e. The summed E-state index contributed by atoms with van der Waals surface area (Å²) in [5.74, 6) is 0.484. The van der Waals surface area contributed by atoms with Gasteiger partial charge in [0.05, 0.1) is 0 Å². The lowest BCUT2D eigenvalue weighted by Crippen LogP contribution is -2.37. The van der Waals surface area contributed by atoms with Gasteiger partial charge in [-0.05, 0) is 79.9 Å². The average molecular weight is 315 g/mol. The molecule has 1 aromatic rings. The van der Waals surface area contributed by atoms with E-state index in [1.165, 1.54) is 38.1 Å². The molecule has 0 aliphatic carbocycles. The second-order valence-electron chi connectivity index (χ2n) is 5.20. The fourth-order valence-electron chi connectivity index (χ4n) is 2.50. The summed E-state index contributed by atoms with van der Waals surface area (Å²) in [6, 6.07) is 5.21. The number of nitrogens with zero attached hydrogens (tertiary/aromatic N) is 1. The largest absolute Gasteiger partial charge is 0.381 e. The molecule has 4 heteroatoms. The van der Waals surface area contributed by atoms with Crippen molar-refractivity contribution in [2.45, 2.75) is 25.8 Å². The minimum atomic E-state index is -0.209. The second-order valence-corrected chi connectivity index (χ2v) is 6.05. The number of hydrogen-bond acceptors (Lipinski definition) is 2. The Bertz CT molecular complexity index is 403. The Labute approximate surface area is 117 Å². The van der Waals surface area contributed by atoms with Crippen molar-refractivity contribution in [3.63, 3.8) is 0 Å². The van der Waals surface area contributed by atoms with Gasteiger partial charge in [0, 0.05) is 16.2 Å². The van der Waals surface area contributed by atoms with E-state index >= 15 is 0 Å². The van der Waals surface area contributed by atoms with Crippen LogP contribution in [-0.4, -0.2) is 31.1 Å². The Morgan fingerprint density at radius 1 is 1.39 bits per heavy atom. The van der Waals surface area contributed by atoms with Crippen molar-refractivity contribution in [3.05, 3.63) is 28.5 Å². The number of hydrogen-bond donors (Lipinski definition) is 1. The molecule has 0 bridgehead atoms. The molecule has 1 saturated heterocycles. The van der Waals surface area contributed by atoms with Crippen molar-refractivity contribution in [1.29, 1.82) is 0 Å². The van der Waals surface area contributed by atoms with E-state index < -0.39 is 0 Å². The number of nitrogens with one attached hydrogen (secondary N) is 1. The van der Waals surface area contributed by atoms with Crippen LogP contribution >= 0.6 is 15.9 Å². The number of anilines is 1. The summed E-state index contributed by atoms with van der Waals surface area (Å²) >= 11 is 3.40. The number of likely N-dealkylation sites (tertiary alicyclic amines) is 1. The topological polar surface area (TPSA) is 15.3 Å². The quantitative estimate of drug-likeness (QED) is 0.914. The molecule has 0 spiro atoms. The maximum absolute atomic E-state index is 13.0. The highest BCUT2D eigenvalue weighted by Crippen LogP contribution is 2.27. The van der Waals surface area contributed by atoms with Gasteiger partial charge >= 0.3 is 0 Å². The van der Waals surface area contributed by atoms with Crippen LogP contribution in [0.25, 0.3) is 0 Å². The third-order valence-electron chi connectivity index (χ3n) is 3.78. The van der Waals surface area contributed by atoms with E-state index in [4.69, 9.17) is 0 Å². The zero-order valence-electron chi connectivity index (χ0n) is 10.9. The predicted molar refractivity (Wildman–Crippen MR) is 77.4 cm³/mol. The lowest BCUT2D eigenvalue weighted by molar-refractivity contribution is 0.208. The van der Waals surface area contributed by atoms with E-state index in [9.17, 15) is 4.39 Å². The Kier molecular flexibility index (Phi) is 4.62. The molecule has 0 aromatic heterocycles. The fraction of sp³-hybridized carbons (Fsp3) is 0.571. The second kappa shape index (κ2) is 6.02. The van der Waals surface area contributed by atoms with Crippen LogP contribution in [0.15, 0.2) is 22.7 Å². The van der Waals surface area contributed by atoms with Gasteiger partial charge in [0.15, 0.2) is 0 Å². The van der Waals surface area contributed by atoms with E-state index in [1.807, 2.05) is 0 Å². The standard InChI is InChI=1S/C14H20BrFN2/c1-10(11-5-7-18(2)8-6-11)17-14-4-3-12(16)9-13(14)15/h3-4,9-11,17H,5-8H2,1-2H3. The van der Waals surface area contributed by atoms with E-state index in [0.717, 1.165) is 10.2 Å². The van der Waals surface area contributed by atoms with Crippen LogP contribution in [0.3, 0.4) is 0 Å². The van der Waals surface area contributed by atoms with E-state index in [0.29, 0.717) is 12.0 Å². The summed E-state index contributed by atoms with van der Waals surface area (Å²) in [5, 5.41) is 3.49. The highest BCUT2D eigenvalue weighted by Gasteiger charge is 2.22. The highest BCUT2D eigenvalue weighted by atomic mass is 79.9. The third-order valence-corrected chi connectivity index (χ3v) is 4.44. The molecule has 1 aliphatic heterocycles. The molecule has 2 rings (SSSR count). The molecular formula is C14H20BrFN2. The minimum absolute atomic E-state index is 0.209. The first-order valence-corrected chi connectivity index (χ1v) is 7.25. The summed E-state index contributed by atoms with van der Waals surface area (Å²) in [6.45, 7) is 4.55. The van der Waals surface area contributed by atoms with Gasteiger partial charge in [-0.15, -0.1) is 0 Å². The molecule has 1 aliphatic rings. The van der Waals surface area contributed by atoms with Crippen LogP contribution in [0.4, 0.5) is 10.1 Å². The van der Waals surface area contributed by atoms with Crippen LogP contribution in [0, 0.1) is 11.7 Å². The lowest BCUT2D eigenvalue weighted by Gasteiger charge is -2.33. The summed E-state index contributed by atoms with van der Waals surface area (Å²) < 4.78 is 13.8. The summed E-state index contributed by atoms with van der Waals surface area (Å²) in [7, 11) is 2.17. The molecular weight excluding hydrogens is 295 g/mol. The van der Waals surface area contributed by atoms with Crippen molar-refractivity contribution in [2.24, 2.45) is 5.92 Å². The van der Waals surface area contributed by atoms with E-state index in [2.05, 4.69) is 40.1 Å². The molecule has 1 unspecified atom stereocenters. The molecule has 0 amide bonds. The predicted octanol–water partition coefficient (Wildman–Crippen LogP) is 3.73. The zero-order valence-corrected chi connectivity index (χ0v) is 12.5. The van der Waals surface area contributed by atoms with Gasteiger partial charge in [-0.1, -0.05) is 0 Å². The lowest BCUT2D eigenvalue weighted by atomic mass is 9.90. The maximum atomic E-state index is 13.0. The molecule has 1 aromatic carbocycles. The van der Waals surface area contributed by atoms with Gasteiger partial charge in [-0.3, -0.25) is 0 Å². The molecule has 18 heavy (non-hydrogen) atoms. The van der Waals surface area contributed by atoms with Crippen LogP contribution in [-0.2, 0) is 0 Å². The van der Waals surface area contributed by atoms with Gasteiger partial charge in [0.1, 0.15) is 5.82 Å². The van der Waals surface area contributed by atoms with Crippen molar-refractivity contribution in [3.8, 4) is 0 Å². The molecule has 2 nitrogen and oxygen atoms in total. The van der Waals surface area contributed by atoms with Crippen molar-refractivity contribution in [2.75, 3.05) is 25.5 Å².